The molecule has 0 aliphatic heterocycles. The first-order valence-corrected chi connectivity index (χ1v) is 9.72. The topological polar surface area (TPSA) is 67.2 Å². The van der Waals surface area contributed by atoms with Gasteiger partial charge in [-0.1, -0.05) is 58.3 Å². The Morgan fingerprint density at radius 2 is 1.46 bits per heavy atom. The van der Waals surface area contributed by atoms with Gasteiger partial charge in [-0.05, 0) is 39.5 Å². The second-order valence-corrected chi connectivity index (χ2v) is 7.36. The molecule has 0 aromatic carbocycles. The van der Waals surface area contributed by atoms with Gasteiger partial charge in [-0.3, -0.25) is 0 Å². The van der Waals surface area contributed by atoms with E-state index in [0.29, 0.717) is 19.0 Å². The largest absolute Gasteiger partial charge is 0.338 e. The number of hydrogen-bond acceptors (Lipinski definition) is 2. The van der Waals surface area contributed by atoms with Crippen molar-refractivity contribution in [1.29, 1.82) is 0 Å². The minimum Gasteiger partial charge on any atom is -0.338 e. The summed E-state index contributed by atoms with van der Waals surface area (Å²) in [4.78, 5) is 11.4. The van der Waals surface area contributed by atoms with Crippen molar-refractivity contribution in [3.05, 3.63) is 0 Å². The molecule has 4 N–H and O–H groups in total. The Balaban J connectivity index is 0. The molecule has 2 amide bonds. The van der Waals surface area contributed by atoms with Crippen LogP contribution in [0.5, 0.6) is 0 Å². The smallest absolute Gasteiger partial charge is 0.314 e. The molecule has 24 heavy (non-hydrogen) atoms. The Labute approximate surface area is 160 Å². The Morgan fingerprint density at radius 1 is 0.917 bits per heavy atom. The second-order valence-electron chi connectivity index (χ2n) is 7.36. The van der Waals surface area contributed by atoms with Crippen molar-refractivity contribution in [2.24, 2.45) is 11.7 Å². The predicted molar refractivity (Wildman–Crippen MR) is 111 cm³/mol. The molecule has 1 atom stereocenters. The summed E-state index contributed by atoms with van der Waals surface area (Å²) in [6.45, 7) is 9.76. The van der Waals surface area contributed by atoms with Gasteiger partial charge in [0, 0.05) is 18.6 Å². The molecule has 1 unspecified atom stereocenters. The number of unbranched alkanes of at least 4 members (excludes halogenated alkanes) is 7. The summed E-state index contributed by atoms with van der Waals surface area (Å²) in [5, 5.41) is 5.67. The van der Waals surface area contributed by atoms with E-state index in [4.69, 9.17) is 5.73 Å². The first kappa shape index (κ1) is 25.9. The Bertz CT molecular complexity index is 293. The number of amides is 2. The Kier molecular flexibility index (Phi) is 17.5. The maximum Gasteiger partial charge on any atom is 0.314 e. The molecule has 0 rings (SSSR count). The third kappa shape index (κ3) is 15.3. The highest BCUT2D eigenvalue weighted by Gasteiger charge is 2.24. The van der Waals surface area contributed by atoms with Crippen LogP contribution in [0.25, 0.3) is 0 Å². The van der Waals surface area contributed by atoms with Gasteiger partial charge in [-0.25, -0.2) is 4.79 Å². The molecule has 0 aliphatic carbocycles. The van der Waals surface area contributed by atoms with E-state index < -0.39 is 0 Å². The zero-order valence-corrected chi connectivity index (χ0v) is 18.2. The van der Waals surface area contributed by atoms with E-state index in [1.807, 2.05) is 6.92 Å². The van der Waals surface area contributed by atoms with Gasteiger partial charge in [0.05, 0.1) is 0 Å². The zero-order chi connectivity index (χ0) is 17.6. The van der Waals surface area contributed by atoms with Crippen LogP contribution in [-0.2, 0) is 0 Å². The van der Waals surface area contributed by atoms with E-state index in [9.17, 15) is 4.79 Å². The highest BCUT2D eigenvalue weighted by Crippen LogP contribution is 2.24. The molecule has 5 heteroatoms. The summed E-state index contributed by atoms with van der Waals surface area (Å²) >= 11 is 0. The van der Waals surface area contributed by atoms with Crippen LogP contribution < -0.4 is 16.4 Å². The molecule has 0 aromatic rings. The van der Waals surface area contributed by atoms with Crippen LogP contribution in [0.3, 0.4) is 0 Å². The highest BCUT2D eigenvalue weighted by atomic mass is 79.9. The van der Waals surface area contributed by atoms with Crippen molar-refractivity contribution >= 4 is 23.0 Å². The fraction of sp³-hybridized carbons (Fsp3) is 0.947. The van der Waals surface area contributed by atoms with Crippen molar-refractivity contribution in [2.75, 3.05) is 13.1 Å². The molecule has 0 radical (unpaired) electrons. The third-order valence-electron chi connectivity index (χ3n) is 4.57. The van der Waals surface area contributed by atoms with Gasteiger partial charge in [-0.15, -0.1) is 17.0 Å². The number of nitrogens with two attached hydrogens (primary N) is 1. The molecular formula is C19H42BrN3O. The Hall–Kier alpha value is -0.290. The quantitative estimate of drug-likeness (QED) is 0.348. The van der Waals surface area contributed by atoms with Crippen LogP contribution in [0.2, 0.25) is 0 Å². The summed E-state index contributed by atoms with van der Waals surface area (Å²) < 4.78 is 0. The molecule has 4 nitrogen and oxygen atoms in total. The lowest BCUT2D eigenvalue weighted by atomic mass is 9.82. The number of hydrogen-bond donors (Lipinski definition) is 3. The average Bonchev–Trinajstić information content (AvgIpc) is 2.47. The van der Waals surface area contributed by atoms with Crippen molar-refractivity contribution < 1.29 is 4.79 Å². The summed E-state index contributed by atoms with van der Waals surface area (Å²) in [5.74, 6) is 0.463. The lowest BCUT2D eigenvalue weighted by molar-refractivity contribution is 0.235. The van der Waals surface area contributed by atoms with Crippen molar-refractivity contribution in [3.8, 4) is 0 Å². The lowest BCUT2D eigenvalue weighted by Crippen LogP contribution is -2.43. The third-order valence-corrected chi connectivity index (χ3v) is 4.57. The summed E-state index contributed by atoms with van der Waals surface area (Å²) in [5.41, 5.74) is 6.15. The van der Waals surface area contributed by atoms with E-state index in [1.54, 1.807) is 0 Å². The molecule has 0 saturated carbocycles. The van der Waals surface area contributed by atoms with E-state index >= 15 is 0 Å². The first-order chi connectivity index (χ1) is 10.9. The van der Waals surface area contributed by atoms with Gasteiger partial charge in [0.15, 0.2) is 0 Å². The normalized spacial score (nSPS) is 12.4. The van der Waals surface area contributed by atoms with E-state index in [-0.39, 0.29) is 28.6 Å². The Morgan fingerprint density at radius 3 is 1.96 bits per heavy atom. The molecule has 146 valence electrons. The maximum absolute atomic E-state index is 11.4. The molecule has 0 bridgehead atoms. The second kappa shape index (κ2) is 16.2. The van der Waals surface area contributed by atoms with Crippen LogP contribution in [0.15, 0.2) is 0 Å². The van der Waals surface area contributed by atoms with Crippen molar-refractivity contribution in [3.63, 3.8) is 0 Å². The fourth-order valence-electron chi connectivity index (χ4n) is 3.00. The SMILES string of the molecule is Br.CCCCCCCCCCC(CCNC(=O)NCC)C(C)(C)N. The van der Waals surface area contributed by atoms with Crippen LogP contribution in [0.1, 0.15) is 91.9 Å². The fourth-order valence-corrected chi connectivity index (χ4v) is 3.00. The predicted octanol–water partition coefficient (Wildman–Crippen LogP) is 5.16. The van der Waals surface area contributed by atoms with E-state index in [1.165, 1.54) is 51.4 Å². The molecule has 0 spiro atoms. The zero-order valence-electron chi connectivity index (χ0n) is 16.5. The van der Waals surface area contributed by atoms with Gasteiger partial charge in [0.25, 0.3) is 0 Å². The average molecular weight is 408 g/mol. The number of carbonyl (C=O) groups excluding carboxylic acids is 1. The van der Waals surface area contributed by atoms with E-state index in [0.717, 1.165) is 12.8 Å². The highest BCUT2D eigenvalue weighted by molar-refractivity contribution is 8.93. The summed E-state index contributed by atoms with van der Waals surface area (Å²) in [6.07, 6.45) is 12.9. The number of halogens is 1. The van der Waals surface area contributed by atoms with E-state index in [2.05, 4.69) is 31.4 Å². The summed E-state index contributed by atoms with van der Waals surface area (Å²) in [6, 6.07) is -0.0758. The van der Waals surface area contributed by atoms with Crippen LogP contribution >= 0.6 is 17.0 Å². The molecule has 0 fully saturated rings. The maximum atomic E-state index is 11.4. The molecule has 0 heterocycles. The first-order valence-electron chi connectivity index (χ1n) is 9.72. The van der Waals surface area contributed by atoms with Gasteiger partial charge in [0.1, 0.15) is 0 Å². The number of nitrogens with one attached hydrogen (secondary N) is 2. The van der Waals surface area contributed by atoms with Gasteiger partial charge >= 0.3 is 6.03 Å². The lowest BCUT2D eigenvalue weighted by Gasteiger charge is -2.31. The minimum absolute atomic E-state index is 0. The molecule has 0 saturated heterocycles. The van der Waals surface area contributed by atoms with Crippen molar-refractivity contribution in [2.45, 2.75) is 97.4 Å². The van der Waals surface area contributed by atoms with Crippen LogP contribution in [0, 0.1) is 5.92 Å². The van der Waals surface area contributed by atoms with Crippen LogP contribution in [-0.4, -0.2) is 24.7 Å². The number of urea groups is 1. The number of rotatable bonds is 14. The standard InChI is InChI=1S/C19H41N3O.BrH/c1-5-7-8-9-10-11-12-13-14-17(19(3,4)20)15-16-22-18(23)21-6-2;/h17H,5-16,20H2,1-4H3,(H2,21,22,23);1H. The molecular weight excluding hydrogens is 366 g/mol. The minimum atomic E-state index is -0.177. The monoisotopic (exact) mass is 407 g/mol. The van der Waals surface area contributed by atoms with Gasteiger partial charge in [0.2, 0.25) is 0 Å². The van der Waals surface area contributed by atoms with Gasteiger partial charge in [-0.2, -0.15) is 0 Å². The number of carbonyl (C=O) groups is 1. The summed E-state index contributed by atoms with van der Waals surface area (Å²) in [7, 11) is 0. The van der Waals surface area contributed by atoms with Gasteiger partial charge < -0.3 is 16.4 Å². The van der Waals surface area contributed by atoms with Crippen molar-refractivity contribution in [1.82, 2.24) is 10.6 Å². The molecule has 0 aromatic heterocycles. The van der Waals surface area contributed by atoms with Crippen LogP contribution in [0.4, 0.5) is 4.79 Å². The molecule has 0 aliphatic rings.